The minimum Gasteiger partial charge on any atom is -0.461 e. The second-order valence-electron chi connectivity index (χ2n) is 11.2. The zero-order chi connectivity index (χ0) is 23.5. The van der Waals surface area contributed by atoms with Crippen molar-refractivity contribution >= 4 is 11.9 Å². The number of carbonyl (C=O) groups is 2. The van der Waals surface area contributed by atoms with Gasteiger partial charge in [-0.3, -0.25) is 10.1 Å². The first-order chi connectivity index (χ1) is 14.9. The standard InChI is InChI=1S/C25H36O7/c1-14(17(32-29)12-16-15(2)11-20(26)30-16)7-8-19-23(3)9-6-10-24(4)21(23)18(31-22(24)27)13-25(19,5)28/h11,16-19,21,28-29H,1,6-10,12-13H2,2-5H3/t16-,17+,18-,19+,21+,23+,24+,25+/m0/s1. The Balaban J connectivity index is 1.49. The molecule has 0 spiro atoms. The molecule has 7 nitrogen and oxygen atoms in total. The van der Waals surface area contributed by atoms with Crippen LogP contribution in [0, 0.1) is 22.7 Å². The molecule has 8 atom stereocenters. The Morgan fingerprint density at radius 3 is 2.62 bits per heavy atom. The van der Waals surface area contributed by atoms with E-state index in [2.05, 4.69) is 13.5 Å². The number of hydrogen-bond donors (Lipinski definition) is 2. The molecule has 4 aliphatic rings. The molecule has 0 unspecified atom stereocenters. The van der Waals surface area contributed by atoms with Gasteiger partial charge in [-0.2, -0.15) is 0 Å². The predicted molar refractivity (Wildman–Crippen MR) is 116 cm³/mol. The SMILES string of the molecule is C=C(CC[C@@H]1[C@@]2(C)CCC[C@@]3(C)C(=O)O[C@@H](C[C@@]1(C)O)[C@H]23)[C@@H](C[C@@H]1OC(=O)C=C1C)OO. The Morgan fingerprint density at radius 2 is 2.00 bits per heavy atom. The van der Waals surface area contributed by atoms with Gasteiger partial charge in [0, 0.05) is 24.8 Å². The van der Waals surface area contributed by atoms with Gasteiger partial charge in [0.2, 0.25) is 0 Å². The lowest BCUT2D eigenvalue weighted by atomic mass is 9.45. The van der Waals surface area contributed by atoms with E-state index in [-0.39, 0.29) is 35.3 Å². The van der Waals surface area contributed by atoms with Crippen LogP contribution in [0.5, 0.6) is 0 Å². The topological polar surface area (TPSA) is 102 Å². The largest absolute Gasteiger partial charge is 0.461 e. The molecule has 2 aliphatic carbocycles. The van der Waals surface area contributed by atoms with E-state index in [1.54, 1.807) is 0 Å². The van der Waals surface area contributed by atoms with E-state index in [4.69, 9.17) is 14.4 Å². The number of rotatable bonds is 7. The summed E-state index contributed by atoms with van der Waals surface area (Å²) in [5.74, 6) is -0.468. The van der Waals surface area contributed by atoms with Crippen molar-refractivity contribution in [3.63, 3.8) is 0 Å². The molecule has 0 aromatic carbocycles. The summed E-state index contributed by atoms with van der Waals surface area (Å²) in [4.78, 5) is 28.9. The average Bonchev–Trinajstić information content (AvgIpc) is 3.13. The summed E-state index contributed by atoms with van der Waals surface area (Å²) >= 11 is 0. The van der Waals surface area contributed by atoms with Crippen LogP contribution in [0.3, 0.4) is 0 Å². The third-order valence-electron chi connectivity index (χ3n) is 8.94. The number of hydrogen-bond acceptors (Lipinski definition) is 7. The number of aliphatic hydroxyl groups is 1. The number of ether oxygens (including phenoxy) is 2. The van der Waals surface area contributed by atoms with Gasteiger partial charge in [0.1, 0.15) is 18.3 Å². The zero-order valence-electron chi connectivity index (χ0n) is 19.6. The van der Waals surface area contributed by atoms with E-state index in [9.17, 15) is 20.0 Å². The van der Waals surface area contributed by atoms with Crippen molar-refractivity contribution in [1.82, 2.24) is 0 Å². The molecule has 3 fully saturated rings. The fourth-order valence-electron chi connectivity index (χ4n) is 7.48. The van der Waals surface area contributed by atoms with Crippen molar-refractivity contribution in [2.45, 2.75) is 96.6 Å². The average molecular weight is 449 g/mol. The lowest BCUT2D eigenvalue weighted by Crippen LogP contribution is -2.61. The molecule has 4 rings (SSSR count). The van der Waals surface area contributed by atoms with Crippen molar-refractivity contribution in [3.05, 3.63) is 23.8 Å². The van der Waals surface area contributed by atoms with Gasteiger partial charge in [-0.05, 0) is 68.9 Å². The summed E-state index contributed by atoms with van der Waals surface area (Å²) in [6.07, 6.45) is 4.75. The highest BCUT2D eigenvalue weighted by atomic mass is 17.1. The highest BCUT2D eigenvalue weighted by Crippen LogP contribution is 2.66. The van der Waals surface area contributed by atoms with Gasteiger partial charge < -0.3 is 14.6 Å². The van der Waals surface area contributed by atoms with Crippen LogP contribution >= 0.6 is 0 Å². The second-order valence-corrected chi connectivity index (χ2v) is 11.2. The molecular formula is C25H36O7. The fourth-order valence-corrected chi connectivity index (χ4v) is 7.48. The molecule has 178 valence electrons. The van der Waals surface area contributed by atoms with Crippen LogP contribution in [0.1, 0.15) is 72.6 Å². The van der Waals surface area contributed by atoms with Crippen molar-refractivity contribution in [3.8, 4) is 0 Å². The minimum atomic E-state index is -0.977. The summed E-state index contributed by atoms with van der Waals surface area (Å²) in [5, 5.41) is 21.0. The quantitative estimate of drug-likeness (QED) is 0.263. The third-order valence-corrected chi connectivity index (χ3v) is 8.94. The lowest BCUT2D eigenvalue weighted by molar-refractivity contribution is -0.273. The van der Waals surface area contributed by atoms with Gasteiger partial charge in [-0.1, -0.05) is 19.9 Å². The molecule has 0 aromatic rings. The Kier molecular flexibility index (Phi) is 5.83. The van der Waals surface area contributed by atoms with Gasteiger partial charge in [0.15, 0.2) is 0 Å². The summed E-state index contributed by atoms with van der Waals surface area (Å²) < 4.78 is 11.1. The van der Waals surface area contributed by atoms with Crippen LogP contribution in [0.2, 0.25) is 0 Å². The molecular weight excluding hydrogens is 412 g/mol. The molecule has 0 aromatic heterocycles. The molecule has 0 radical (unpaired) electrons. The number of carbonyl (C=O) groups excluding carboxylic acids is 2. The smallest absolute Gasteiger partial charge is 0.331 e. The molecule has 7 heteroatoms. The van der Waals surface area contributed by atoms with E-state index >= 15 is 0 Å². The van der Waals surface area contributed by atoms with Gasteiger partial charge in [0.05, 0.1) is 11.0 Å². The first kappa shape index (κ1) is 23.5. The maximum Gasteiger partial charge on any atom is 0.331 e. The summed E-state index contributed by atoms with van der Waals surface area (Å²) in [7, 11) is 0. The Bertz CT molecular complexity index is 845. The monoisotopic (exact) mass is 448 g/mol. The molecule has 0 amide bonds. The Morgan fingerprint density at radius 1 is 1.28 bits per heavy atom. The van der Waals surface area contributed by atoms with E-state index in [0.717, 1.165) is 24.8 Å². The van der Waals surface area contributed by atoms with E-state index in [1.165, 1.54) is 6.08 Å². The highest BCUT2D eigenvalue weighted by Gasteiger charge is 2.69. The second kappa shape index (κ2) is 7.96. The van der Waals surface area contributed by atoms with Crippen LogP contribution in [0.25, 0.3) is 0 Å². The molecule has 1 saturated heterocycles. The number of cyclic esters (lactones) is 1. The van der Waals surface area contributed by atoms with Crippen LogP contribution in [-0.4, -0.2) is 46.2 Å². The number of esters is 2. The van der Waals surface area contributed by atoms with Gasteiger partial charge in [-0.15, -0.1) is 0 Å². The lowest BCUT2D eigenvalue weighted by Gasteiger charge is -2.59. The van der Waals surface area contributed by atoms with Gasteiger partial charge >= 0.3 is 11.9 Å². The molecule has 0 bridgehead atoms. The van der Waals surface area contributed by atoms with Crippen molar-refractivity contribution in [1.29, 1.82) is 0 Å². The normalized spacial score (nSPS) is 43.9. The van der Waals surface area contributed by atoms with Crippen LogP contribution in [0.4, 0.5) is 0 Å². The first-order valence-corrected chi connectivity index (χ1v) is 11.7. The molecule has 32 heavy (non-hydrogen) atoms. The van der Waals surface area contributed by atoms with Crippen LogP contribution in [-0.2, 0) is 24.0 Å². The third kappa shape index (κ3) is 3.62. The zero-order valence-corrected chi connectivity index (χ0v) is 19.6. The molecule has 2 saturated carbocycles. The van der Waals surface area contributed by atoms with E-state index in [1.807, 2.05) is 20.8 Å². The predicted octanol–water partition coefficient (Wildman–Crippen LogP) is 3.95. The molecule has 2 aliphatic heterocycles. The van der Waals surface area contributed by atoms with Crippen molar-refractivity contribution < 1.29 is 34.3 Å². The Hall–Kier alpha value is -1.70. The minimum absolute atomic E-state index is 0.0487. The van der Waals surface area contributed by atoms with E-state index in [0.29, 0.717) is 31.3 Å². The molecule has 2 heterocycles. The first-order valence-electron chi connectivity index (χ1n) is 11.7. The van der Waals surface area contributed by atoms with Crippen molar-refractivity contribution in [2.75, 3.05) is 0 Å². The van der Waals surface area contributed by atoms with Crippen LogP contribution in [0.15, 0.2) is 23.8 Å². The van der Waals surface area contributed by atoms with Crippen LogP contribution < -0.4 is 0 Å². The summed E-state index contributed by atoms with van der Waals surface area (Å²) in [5.41, 5.74) is -0.208. The molecule has 2 N–H and O–H groups in total. The Labute approximate surface area is 189 Å². The van der Waals surface area contributed by atoms with Crippen molar-refractivity contribution in [2.24, 2.45) is 22.7 Å². The fraction of sp³-hybridized carbons (Fsp3) is 0.760. The summed E-state index contributed by atoms with van der Waals surface area (Å²) in [6, 6.07) is 0. The van der Waals surface area contributed by atoms with E-state index < -0.39 is 23.2 Å². The maximum atomic E-state index is 12.7. The maximum absolute atomic E-state index is 12.7. The van der Waals surface area contributed by atoms with Gasteiger partial charge in [-0.25, -0.2) is 9.68 Å². The summed E-state index contributed by atoms with van der Waals surface area (Å²) in [6.45, 7) is 12.0. The highest BCUT2D eigenvalue weighted by molar-refractivity contribution is 5.85. The van der Waals surface area contributed by atoms with Gasteiger partial charge in [0.25, 0.3) is 0 Å².